The molecule has 4 heteroatoms. The van der Waals surface area contributed by atoms with Crippen LogP contribution in [0.4, 0.5) is 0 Å². The highest BCUT2D eigenvalue weighted by atomic mass is 32.2. The van der Waals surface area contributed by atoms with Gasteiger partial charge in [0.1, 0.15) is 5.78 Å². The van der Waals surface area contributed by atoms with Gasteiger partial charge in [-0.2, -0.15) is 0 Å². The number of fused-ring (bicyclic) bond motifs is 3. The van der Waals surface area contributed by atoms with Crippen molar-refractivity contribution in [2.24, 2.45) is 39.9 Å². The number of carbonyl (C=O) groups is 1. The molecule has 5 aliphatic rings. The van der Waals surface area contributed by atoms with Gasteiger partial charge in [0.2, 0.25) is 0 Å². The van der Waals surface area contributed by atoms with Crippen molar-refractivity contribution < 1.29 is 14.1 Å². The minimum absolute atomic E-state index is 0.0130. The van der Waals surface area contributed by atoms with Crippen LogP contribution < -0.4 is 0 Å². The van der Waals surface area contributed by atoms with Crippen LogP contribution in [0.3, 0.4) is 0 Å². The molecule has 0 aliphatic heterocycles. The Bertz CT molecular complexity index is 633. The summed E-state index contributed by atoms with van der Waals surface area (Å²) in [7, 11) is -0.843. The fourth-order valence-electron chi connectivity index (χ4n) is 8.39. The number of aliphatic hydroxyl groups is 1. The topological polar surface area (TPSA) is 54.4 Å². The van der Waals surface area contributed by atoms with E-state index in [2.05, 4.69) is 13.8 Å². The molecule has 5 rings (SSSR count). The van der Waals surface area contributed by atoms with E-state index >= 15 is 0 Å². The molecule has 0 aromatic rings. The predicted molar refractivity (Wildman–Crippen MR) is 105 cm³/mol. The van der Waals surface area contributed by atoms with Crippen LogP contribution in [0, 0.1) is 39.9 Å². The van der Waals surface area contributed by atoms with Crippen LogP contribution in [0.5, 0.6) is 0 Å². The maximum Gasteiger partial charge on any atom is 0.135 e. The highest BCUT2D eigenvalue weighted by Crippen LogP contribution is 2.72. The van der Waals surface area contributed by atoms with Crippen molar-refractivity contribution in [3.63, 3.8) is 0 Å². The Kier molecular flexibility index (Phi) is 4.51. The zero-order chi connectivity index (χ0) is 18.9. The Balaban J connectivity index is 1.71. The second-order valence-electron chi connectivity index (χ2n) is 10.6. The lowest BCUT2D eigenvalue weighted by Crippen LogP contribution is -2.67. The highest BCUT2D eigenvalue weighted by molar-refractivity contribution is 7.84. The molecule has 0 amide bonds. The largest absolute Gasteiger partial charge is 0.392 e. The summed E-state index contributed by atoms with van der Waals surface area (Å²) in [6, 6.07) is 0. The van der Waals surface area contributed by atoms with Gasteiger partial charge in [0.15, 0.2) is 0 Å². The molecule has 5 saturated carbocycles. The molecule has 3 nitrogen and oxygen atoms in total. The molecule has 9 atom stereocenters. The van der Waals surface area contributed by atoms with Gasteiger partial charge in [0, 0.05) is 28.2 Å². The summed E-state index contributed by atoms with van der Waals surface area (Å²) >= 11 is 0. The number of hydrogen-bond donors (Lipinski definition) is 1. The molecule has 1 N–H and O–H groups in total. The molecule has 0 aromatic heterocycles. The summed E-state index contributed by atoms with van der Waals surface area (Å²) in [5.74, 6) is 2.75. The molecule has 5 fully saturated rings. The molecule has 2 bridgehead atoms. The Morgan fingerprint density at radius 3 is 2.46 bits per heavy atom. The average Bonchev–Trinajstić information content (AvgIpc) is 2.57. The molecular formula is C22H36O3S. The number of rotatable bonds is 3. The molecule has 5 aliphatic carbocycles. The van der Waals surface area contributed by atoms with Gasteiger partial charge in [-0.25, -0.2) is 0 Å². The van der Waals surface area contributed by atoms with E-state index in [1.807, 2.05) is 0 Å². The monoisotopic (exact) mass is 380 g/mol. The van der Waals surface area contributed by atoms with Crippen LogP contribution in [0.15, 0.2) is 0 Å². The van der Waals surface area contributed by atoms with E-state index in [1.54, 1.807) is 13.2 Å². The molecule has 0 aromatic carbocycles. The summed E-state index contributed by atoms with van der Waals surface area (Å²) in [5.41, 5.74) is 0.00650. The first kappa shape index (κ1) is 19.1. The average molecular weight is 381 g/mol. The van der Waals surface area contributed by atoms with Crippen LogP contribution >= 0.6 is 0 Å². The van der Waals surface area contributed by atoms with Gasteiger partial charge in [-0.15, -0.1) is 0 Å². The molecule has 148 valence electrons. The van der Waals surface area contributed by atoms with Crippen LogP contribution in [0.1, 0.15) is 72.1 Å². The third-order valence-electron chi connectivity index (χ3n) is 9.72. The number of aliphatic hydroxyl groups excluding tert-OH is 1. The van der Waals surface area contributed by atoms with E-state index in [0.29, 0.717) is 29.3 Å². The van der Waals surface area contributed by atoms with Crippen molar-refractivity contribution in [1.82, 2.24) is 0 Å². The predicted octanol–water partition coefficient (Wildman–Crippen LogP) is 3.95. The van der Waals surface area contributed by atoms with Crippen molar-refractivity contribution in [3.05, 3.63) is 0 Å². The Hall–Kier alpha value is -0.220. The van der Waals surface area contributed by atoms with E-state index in [4.69, 9.17) is 0 Å². The smallest absolute Gasteiger partial charge is 0.135 e. The third-order valence-corrected chi connectivity index (χ3v) is 10.6. The maximum atomic E-state index is 12.6. The van der Waals surface area contributed by atoms with Crippen LogP contribution in [-0.4, -0.2) is 33.2 Å². The molecule has 0 radical (unpaired) electrons. The molecule has 0 saturated heterocycles. The minimum Gasteiger partial charge on any atom is -0.392 e. The van der Waals surface area contributed by atoms with Crippen molar-refractivity contribution >= 4 is 16.6 Å². The summed E-state index contributed by atoms with van der Waals surface area (Å²) < 4.78 is 11.9. The van der Waals surface area contributed by atoms with Crippen molar-refractivity contribution in [1.29, 1.82) is 0 Å². The third kappa shape index (κ3) is 2.40. The van der Waals surface area contributed by atoms with Crippen molar-refractivity contribution in [2.75, 3.05) is 12.0 Å². The Morgan fingerprint density at radius 1 is 1.12 bits per heavy atom. The van der Waals surface area contributed by atoms with Gasteiger partial charge in [0.25, 0.3) is 0 Å². The maximum absolute atomic E-state index is 12.6. The van der Waals surface area contributed by atoms with Gasteiger partial charge in [-0.3, -0.25) is 9.00 Å². The summed E-state index contributed by atoms with van der Waals surface area (Å²) in [4.78, 5) is 12.6. The number of Topliss-reactive ketones (excluding diaryl/α,β-unsaturated/α-hetero) is 1. The van der Waals surface area contributed by atoms with Gasteiger partial charge in [-0.05, 0) is 86.4 Å². The summed E-state index contributed by atoms with van der Waals surface area (Å²) in [5, 5.41) is 11.4. The zero-order valence-corrected chi connectivity index (χ0v) is 17.7. The quantitative estimate of drug-likeness (QED) is 0.806. The van der Waals surface area contributed by atoms with Crippen LogP contribution in [0.25, 0.3) is 0 Å². The first-order valence-corrected chi connectivity index (χ1v) is 12.4. The van der Waals surface area contributed by atoms with E-state index in [9.17, 15) is 14.1 Å². The van der Waals surface area contributed by atoms with E-state index in [0.717, 1.165) is 32.1 Å². The second kappa shape index (κ2) is 6.14. The number of ketones is 1. The summed E-state index contributed by atoms with van der Waals surface area (Å²) in [6.07, 6.45) is 10.5. The molecule has 1 spiro atoms. The first-order valence-electron chi connectivity index (χ1n) is 10.6. The molecular weight excluding hydrogens is 344 g/mol. The SMILES string of the molecule is CC(=O)[C@]1(C)CCC[C@@]2(C)[C@@H]3C[C@H]4CC[C@@]3(CC[C@@H]21)[C@H](O)[C@H]4CS(C)=O. The van der Waals surface area contributed by atoms with Crippen LogP contribution in [-0.2, 0) is 15.6 Å². The Morgan fingerprint density at radius 2 is 1.81 bits per heavy atom. The van der Waals surface area contributed by atoms with Crippen molar-refractivity contribution in [2.45, 2.75) is 78.2 Å². The molecule has 0 heterocycles. The van der Waals surface area contributed by atoms with E-state index in [1.165, 1.54) is 19.3 Å². The van der Waals surface area contributed by atoms with Gasteiger partial charge in [-0.1, -0.05) is 20.3 Å². The lowest BCUT2D eigenvalue weighted by molar-refractivity contribution is -0.238. The minimum atomic E-state index is -0.843. The van der Waals surface area contributed by atoms with Gasteiger partial charge < -0.3 is 5.11 Å². The Labute approximate surface area is 161 Å². The van der Waals surface area contributed by atoms with E-state index in [-0.39, 0.29) is 28.3 Å². The fourth-order valence-corrected chi connectivity index (χ4v) is 9.39. The lowest BCUT2D eigenvalue weighted by atomic mass is 9.35. The first-order chi connectivity index (χ1) is 12.1. The number of hydrogen-bond acceptors (Lipinski definition) is 3. The van der Waals surface area contributed by atoms with Crippen molar-refractivity contribution in [3.8, 4) is 0 Å². The highest BCUT2D eigenvalue weighted by Gasteiger charge is 2.68. The number of carbonyl (C=O) groups excluding carboxylic acids is 1. The second-order valence-corrected chi connectivity index (χ2v) is 12.1. The lowest BCUT2D eigenvalue weighted by Gasteiger charge is -2.70. The van der Waals surface area contributed by atoms with Crippen LogP contribution in [0.2, 0.25) is 0 Å². The van der Waals surface area contributed by atoms with Gasteiger partial charge in [0.05, 0.1) is 6.10 Å². The van der Waals surface area contributed by atoms with E-state index < -0.39 is 10.8 Å². The standard InChI is InChI=1S/C22H36O3S/c1-14(23)20(2)8-5-9-21(3)17(20)7-11-22-10-6-15(12-18(21)22)16(19(22)24)13-26(4)25/h15-19,24H,5-13H2,1-4H3/t15-,16+,17-,18+,19-,20+,21-,22+,26?/m1/s1. The normalized spacial score (nSPS) is 54.3. The summed E-state index contributed by atoms with van der Waals surface area (Å²) in [6.45, 7) is 6.46. The molecule has 26 heavy (non-hydrogen) atoms. The molecule has 1 unspecified atom stereocenters. The zero-order valence-electron chi connectivity index (χ0n) is 16.9. The fraction of sp³-hybridized carbons (Fsp3) is 0.955. The van der Waals surface area contributed by atoms with Gasteiger partial charge >= 0.3 is 0 Å².